The number of nitrogens with zero attached hydrogens (tertiary/aromatic N) is 2. The number of aromatic nitrogens is 2. The number of nitrogens with one attached hydrogen (secondary N) is 1. The van der Waals surface area contributed by atoms with Crippen molar-refractivity contribution in [3.05, 3.63) is 65.1 Å². The summed E-state index contributed by atoms with van der Waals surface area (Å²) in [5, 5.41) is 14.6. The van der Waals surface area contributed by atoms with Crippen molar-refractivity contribution in [2.75, 3.05) is 25.6 Å². The Kier molecular flexibility index (Phi) is 4.86. The van der Waals surface area contributed by atoms with E-state index in [2.05, 4.69) is 16.6 Å². The van der Waals surface area contributed by atoms with Crippen LogP contribution in [0.15, 0.2) is 42.6 Å². The van der Waals surface area contributed by atoms with E-state index in [9.17, 15) is 5.11 Å². The highest BCUT2D eigenvalue weighted by molar-refractivity contribution is 5.75. The Morgan fingerprint density at radius 2 is 1.93 bits per heavy atom. The van der Waals surface area contributed by atoms with Crippen LogP contribution in [0.25, 0.3) is 5.65 Å². The largest absolute Gasteiger partial charge is 0.388 e. The lowest BCUT2D eigenvalue weighted by molar-refractivity contribution is -0.0633. The van der Waals surface area contributed by atoms with Crippen molar-refractivity contribution in [3.63, 3.8) is 0 Å². The topological polar surface area (TPSA) is 68.0 Å². The molecule has 6 nitrogen and oxygen atoms in total. The monoisotopic (exact) mass is 367 g/mol. The van der Waals surface area contributed by atoms with Crippen molar-refractivity contribution in [2.24, 2.45) is 0 Å². The summed E-state index contributed by atoms with van der Waals surface area (Å²) in [6.07, 6.45) is 0.813. The zero-order valence-electron chi connectivity index (χ0n) is 15.8. The second-order valence-electron chi connectivity index (χ2n) is 6.93. The number of anilines is 1. The van der Waals surface area contributed by atoms with Gasteiger partial charge in [-0.15, -0.1) is 0 Å². The number of ether oxygens (including phenoxy) is 2. The molecule has 0 amide bonds. The molecule has 0 radical (unpaired) electrons. The van der Waals surface area contributed by atoms with E-state index in [1.54, 1.807) is 7.11 Å². The maximum absolute atomic E-state index is 11.1. The highest BCUT2D eigenvalue weighted by atomic mass is 16.5. The summed E-state index contributed by atoms with van der Waals surface area (Å²) in [6.45, 7) is 4.96. The molecule has 3 heterocycles. The SMILES string of the molecule is COCCOC1c2ccn3c(C)c(C)nc3c2NC(c2ccccc2)C1O. The van der Waals surface area contributed by atoms with Gasteiger partial charge in [0.05, 0.1) is 30.6 Å². The summed E-state index contributed by atoms with van der Waals surface area (Å²) < 4.78 is 13.2. The van der Waals surface area contributed by atoms with Crippen LogP contribution < -0.4 is 5.32 Å². The Hall–Kier alpha value is -2.41. The van der Waals surface area contributed by atoms with Crippen molar-refractivity contribution in [2.45, 2.75) is 32.1 Å². The molecule has 1 aliphatic rings. The van der Waals surface area contributed by atoms with Crippen LogP contribution in [-0.4, -0.2) is 40.9 Å². The average Bonchev–Trinajstić information content (AvgIpc) is 2.98. The maximum Gasteiger partial charge on any atom is 0.161 e. The molecule has 3 aromatic rings. The first kappa shape index (κ1) is 18.0. The molecule has 6 heteroatoms. The van der Waals surface area contributed by atoms with Gasteiger partial charge in [-0.25, -0.2) is 4.98 Å². The number of fused-ring (bicyclic) bond motifs is 3. The highest BCUT2D eigenvalue weighted by Gasteiger charge is 2.38. The smallest absolute Gasteiger partial charge is 0.161 e. The molecular weight excluding hydrogens is 342 g/mol. The van der Waals surface area contributed by atoms with Crippen LogP contribution in [0.1, 0.15) is 34.7 Å². The number of methoxy groups -OCH3 is 1. The predicted molar refractivity (Wildman–Crippen MR) is 104 cm³/mol. The van der Waals surface area contributed by atoms with Crippen molar-refractivity contribution >= 4 is 11.3 Å². The van der Waals surface area contributed by atoms with Gasteiger partial charge >= 0.3 is 0 Å². The normalized spacial score (nSPS) is 21.9. The standard InChI is InChI=1S/C21H25N3O3/c1-13-14(2)24-10-9-16-18(21(24)22-13)23-17(15-7-5-4-6-8-15)19(25)20(16)27-12-11-26-3/h4-10,17,19-20,23,25H,11-12H2,1-3H3. The highest BCUT2D eigenvalue weighted by Crippen LogP contribution is 2.43. The van der Waals surface area contributed by atoms with Crippen molar-refractivity contribution < 1.29 is 14.6 Å². The first-order valence-corrected chi connectivity index (χ1v) is 9.20. The lowest BCUT2D eigenvalue weighted by Crippen LogP contribution is -2.38. The first-order valence-electron chi connectivity index (χ1n) is 9.20. The third kappa shape index (κ3) is 3.10. The minimum atomic E-state index is -0.726. The van der Waals surface area contributed by atoms with E-state index < -0.39 is 12.2 Å². The van der Waals surface area contributed by atoms with Gasteiger partial charge in [0.1, 0.15) is 12.2 Å². The zero-order valence-corrected chi connectivity index (χ0v) is 15.8. The summed E-state index contributed by atoms with van der Waals surface area (Å²) >= 11 is 0. The van der Waals surface area contributed by atoms with Gasteiger partial charge < -0.3 is 24.3 Å². The van der Waals surface area contributed by atoms with Crippen LogP contribution in [0.3, 0.4) is 0 Å². The van der Waals surface area contributed by atoms with Gasteiger partial charge in [0.2, 0.25) is 0 Å². The summed E-state index contributed by atoms with van der Waals surface area (Å²) in [6, 6.07) is 11.7. The fourth-order valence-corrected chi connectivity index (χ4v) is 3.73. The minimum Gasteiger partial charge on any atom is -0.388 e. The molecule has 27 heavy (non-hydrogen) atoms. The zero-order chi connectivity index (χ0) is 19.0. The van der Waals surface area contributed by atoms with Gasteiger partial charge in [0.15, 0.2) is 5.65 Å². The molecule has 2 aromatic heterocycles. The Balaban J connectivity index is 1.82. The molecule has 0 saturated heterocycles. The molecule has 0 fully saturated rings. The average molecular weight is 367 g/mol. The molecule has 3 unspecified atom stereocenters. The molecule has 0 saturated carbocycles. The van der Waals surface area contributed by atoms with Crippen LogP contribution in [-0.2, 0) is 9.47 Å². The molecule has 4 rings (SSSR count). The fraction of sp³-hybridized carbons (Fsp3) is 0.381. The summed E-state index contributed by atoms with van der Waals surface area (Å²) in [5.41, 5.74) is 5.80. The second-order valence-corrected chi connectivity index (χ2v) is 6.93. The molecule has 142 valence electrons. The van der Waals surface area contributed by atoms with Crippen molar-refractivity contribution in [1.82, 2.24) is 9.38 Å². The minimum absolute atomic E-state index is 0.283. The van der Waals surface area contributed by atoms with Gasteiger partial charge in [-0.3, -0.25) is 0 Å². The molecule has 2 N–H and O–H groups in total. The van der Waals surface area contributed by atoms with Crippen molar-refractivity contribution in [1.29, 1.82) is 0 Å². The fourth-order valence-electron chi connectivity index (χ4n) is 3.73. The number of aliphatic hydroxyl groups excluding tert-OH is 1. The third-order valence-electron chi connectivity index (χ3n) is 5.30. The van der Waals surface area contributed by atoms with Crippen LogP contribution in [0.4, 0.5) is 5.69 Å². The third-order valence-corrected chi connectivity index (χ3v) is 5.30. The molecular formula is C21H25N3O3. The van der Waals surface area contributed by atoms with Crippen LogP contribution in [0, 0.1) is 13.8 Å². The van der Waals surface area contributed by atoms with Gasteiger partial charge in [-0.1, -0.05) is 30.3 Å². The van der Waals surface area contributed by atoms with E-state index >= 15 is 0 Å². The summed E-state index contributed by atoms with van der Waals surface area (Å²) in [5.74, 6) is 0. The van der Waals surface area contributed by atoms with Gasteiger partial charge in [-0.2, -0.15) is 0 Å². The Morgan fingerprint density at radius 1 is 1.15 bits per heavy atom. The number of aliphatic hydroxyl groups is 1. The van der Waals surface area contributed by atoms with Crippen LogP contribution in [0.5, 0.6) is 0 Å². The number of rotatable bonds is 5. The number of aryl methyl sites for hydroxylation is 2. The number of benzene rings is 1. The molecule has 0 bridgehead atoms. The summed E-state index contributed by atoms with van der Waals surface area (Å²) in [7, 11) is 1.64. The summed E-state index contributed by atoms with van der Waals surface area (Å²) in [4.78, 5) is 4.75. The number of hydrogen-bond donors (Lipinski definition) is 2. The van der Waals surface area contributed by atoms with Crippen LogP contribution in [0.2, 0.25) is 0 Å². The van der Waals surface area contributed by atoms with Gasteiger partial charge in [-0.05, 0) is 25.5 Å². The van der Waals surface area contributed by atoms with E-state index in [1.807, 2.05) is 49.5 Å². The molecule has 1 aromatic carbocycles. The van der Waals surface area contributed by atoms with Gasteiger partial charge in [0.25, 0.3) is 0 Å². The second kappa shape index (κ2) is 7.31. The molecule has 1 aliphatic heterocycles. The number of hydrogen-bond acceptors (Lipinski definition) is 5. The molecule has 0 spiro atoms. The lowest BCUT2D eigenvalue weighted by Gasteiger charge is -2.38. The number of pyridine rings is 1. The number of imidazole rings is 1. The van der Waals surface area contributed by atoms with Crippen LogP contribution >= 0.6 is 0 Å². The Morgan fingerprint density at radius 3 is 2.67 bits per heavy atom. The van der Waals surface area contributed by atoms with E-state index in [1.165, 1.54) is 0 Å². The maximum atomic E-state index is 11.1. The molecule has 0 aliphatic carbocycles. The molecule has 3 atom stereocenters. The predicted octanol–water partition coefficient (Wildman–Crippen LogP) is 3.18. The first-order chi connectivity index (χ1) is 13.1. The Bertz CT molecular complexity index is 939. The van der Waals surface area contributed by atoms with E-state index in [0.29, 0.717) is 13.2 Å². The van der Waals surface area contributed by atoms with Gasteiger partial charge in [0, 0.05) is 24.6 Å². The quantitative estimate of drug-likeness (QED) is 0.678. The van der Waals surface area contributed by atoms with Crippen molar-refractivity contribution in [3.8, 4) is 0 Å². The van der Waals surface area contributed by atoms with E-state index in [-0.39, 0.29) is 6.04 Å². The van der Waals surface area contributed by atoms with E-state index in [0.717, 1.165) is 33.8 Å². The lowest BCUT2D eigenvalue weighted by atomic mass is 9.89. The Labute approximate surface area is 158 Å². The van der Waals surface area contributed by atoms with E-state index in [4.69, 9.17) is 14.5 Å².